The van der Waals surface area contributed by atoms with Crippen LogP contribution >= 0.6 is 0 Å². The average Bonchev–Trinajstić information content (AvgIpc) is 3.97. The van der Waals surface area contributed by atoms with Crippen molar-refractivity contribution in [2.75, 3.05) is 9.80 Å². The van der Waals surface area contributed by atoms with E-state index in [0.29, 0.717) is 0 Å². The van der Waals surface area contributed by atoms with Crippen molar-refractivity contribution in [2.24, 2.45) is 0 Å². The van der Waals surface area contributed by atoms with Crippen molar-refractivity contribution in [2.45, 2.75) is 6.92 Å². The highest BCUT2D eigenvalue weighted by Gasteiger charge is 2.25. The fraction of sp³-hybridized carbons (Fsp3) is 0.0175. The third-order valence-electron chi connectivity index (χ3n) is 12.1. The maximum atomic E-state index is 6.29. The number of fused-ring (bicyclic) bond motifs is 8. The van der Waals surface area contributed by atoms with Gasteiger partial charge in [-0.15, -0.1) is 0 Å². The van der Waals surface area contributed by atoms with Crippen molar-refractivity contribution in [3.05, 3.63) is 230 Å². The van der Waals surface area contributed by atoms with Gasteiger partial charge in [-0.3, -0.25) is 9.13 Å². The zero-order valence-electron chi connectivity index (χ0n) is 34.1. The van der Waals surface area contributed by atoms with Gasteiger partial charge in [0.2, 0.25) is 0 Å². The van der Waals surface area contributed by atoms with Crippen molar-refractivity contribution in [3.8, 4) is 11.4 Å². The van der Waals surface area contributed by atoms with Gasteiger partial charge in [0.05, 0.1) is 11.0 Å². The molecule has 3 aromatic heterocycles. The molecule has 9 aromatic carbocycles. The number of aryl methyl sites for hydroxylation is 1. The van der Waals surface area contributed by atoms with E-state index in [1.165, 1.54) is 21.7 Å². The third-order valence-corrected chi connectivity index (χ3v) is 12.1. The topological polar surface area (TPSA) is 29.5 Å². The van der Waals surface area contributed by atoms with Gasteiger partial charge >= 0.3 is 0 Å². The smallest absolute Gasteiger partial charge is 0.135 e. The molecular formula is C57H40N4O. The van der Waals surface area contributed by atoms with Crippen LogP contribution in [0.2, 0.25) is 0 Å². The molecule has 294 valence electrons. The first-order valence-electron chi connectivity index (χ1n) is 21.1. The van der Waals surface area contributed by atoms with Crippen LogP contribution in [0.25, 0.3) is 66.2 Å². The molecule has 0 saturated heterocycles. The van der Waals surface area contributed by atoms with E-state index in [4.69, 9.17) is 4.42 Å². The van der Waals surface area contributed by atoms with E-state index in [1.807, 2.05) is 12.1 Å². The molecule has 0 radical (unpaired) electrons. The summed E-state index contributed by atoms with van der Waals surface area (Å²) in [6.45, 7) is 2.16. The SMILES string of the molecule is Cc1cccc(N(c2ccc3oc4ccccc4c3c2)c2ccc3c4c5cc(N(c6ccccc6)c6ccccc6)ccc5n(-c5ccccc5)c4n(-c4ccccc4)c3c2)c1. The summed E-state index contributed by atoms with van der Waals surface area (Å²) in [6.07, 6.45) is 0. The fourth-order valence-corrected chi connectivity index (χ4v) is 9.40. The fourth-order valence-electron chi connectivity index (χ4n) is 9.40. The Bertz CT molecular complexity index is 3550. The van der Waals surface area contributed by atoms with Gasteiger partial charge in [-0.2, -0.15) is 0 Å². The molecule has 0 unspecified atom stereocenters. The molecule has 0 atom stereocenters. The summed E-state index contributed by atoms with van der Waals surface area (Å²) in [5.41, 5.74) is 15.0. The lowest BCUT2D eigenvalue weighted by Gasteiger charge is -2.26. The number of rotatable bonds is 8. The molecule has 0 aliphatic heterocycles. The summed E-state index contributed by atoms with van der Waals surface area (Å²) < 4.78 is 11.2. The summed E-state index contributed by atoms with van der Waals surface area (Å²) in [7, 11) is 0. The highest BCUT2D eigenvalue weighted by molar-refractivity contribution is 6.23. The average molecular weight is 797 g/mol. The molecule has 5 nitrogen and oxygen atoms in total. The quantitative estimate of drug-likeness (QED) is 0.153. The maximum absolute atomic E-state index is 6.29. The zero-order chi connectivity index (χ0) is 41.1. The second kappa shape index (κ2) is 14.5. The van der Waals surface area contributed by atoms with Crippen molar-refractivity contribution in [1.29, 1.82) is 0 Å². The van der Waals surface area contributed by atoms with Gasteiger partial charge in [-0.25, -0.2) is 0 Å². The molecule has 5 heteroatoms. The first-order valence-corrected chi connectivity index (χ1v) is 21.1. The number of aromatic nitrogens is 2. The van der Waals surface area contributed by atoms with Crippen LogP contribution in [-0.2, 0) is 0 Å². The van der Waals surface area contributed by atoms with Gasteiger partial charge in [0, 0.05) is 72.4 Å². The minimum absolute atomic E-state index is 0.876. The molecule has 0 bridgehead atoms. The summed E-state index contributed by atoms with van der Waals surface area (Å²) in [6, 6.07) is 80.3. The zero-order valence-corrected chi connectivity index (χ0v) is 34.1. The molecule has 0 aliphatic carbocycles. The van der Waals surface area contributed by atoms with Crippen LogP contribution in [0.1, 0.15) is 5.56 Å². The minimum Gasteiger partial charge on any atom is -0.456 e. The minimum atomic E-state index is 0.876. The number of nitrogens with zero attached hydrogens (tertiary/aromatic N) is 4. The number of furan rings is 1. The van der Waals surface area contributed by atoms with Gasteiger partial charge in [-0.1, -0.05) is 109 Å². The first kappa shape index (κ1) is 35.6. The summed E-state index contributed by atoms with van der Waals surface area (Å²) in [5, 5.41) is 5.75. The van der Waals surface area contributed by atoms with Crippen molar-refractivity contribution in [3.63, 3.8) is 0 Å². The molecule has 62 heavy (non-hydrogen) atoms. The van der Waals surface area contributed by atoms with Gasteiger partial charge in [0.15, 0.2) is 0 Å². The van der Waals surface area contributed by atoms with Gasteiger partial charge < -0.3 is 14.2 Å². The molecule has 0 aliphatic rings. The monoisotopic (exact) mass is 796 g/mol. The summed E-state index contributed by atoms with van der Waals surface area (Å²) >= 11 is 0. The second-order valence-electron chi connectivity index (χ2n) is 15.9. The van der Waals surface area contributed by atoms with E-state index in [0.717, 1.165) is 84.1 Å². The molecule has 0 spiro atoms. The van der Waals surface area contributed by atoms with Gasteiger partial charge in [-0.05, 0) is 128 Å². The van der Waals surface area contributed by atoms with Gasteiger partial charge in [0.25, 0.3) is 0 Å². The molecule has 0 N–H and O–H groups in total. The predicted octanol–water partition coefficient (Wildman–Crippen LogP) is 15.9. The lowest BCUT2D eigenvalue weighted by molar-refractivity contribution is 0.669. The van der Waals surface area contributed by atoms with E-state index < -0.39 is 0 Å². The molecule has 12 rings (SSSR count). The second-order valence-corrected chi connectivity index (χ2v) is 15.9. The van der Waals surface area contributed by atoms with E-state index in [1.54, 1.807) is 0 Å². The van der Waals surface area contributed by atoms with Crippen LogP contribution in [0.4, 0.5) is 34.1 Å². The number of hydrogen-bond donors (Lipinski definition) is 0. The Hall–Kier alpha value is -8.28. The Kier molecular flexibility index (Phi) is 8.32. The number of anilines is 6. The Balaban J connectivity index is 1.16. The highest BCUT2D eigenvalue weighted by atomic mass is 16.3. The summed E-state index contributed by atoms with van der Waals surface area (Å²) in [4.78, 5) is 4.72. The number of benzene rings is 9. The Labute approximate surface area is 359 Å². The van der Waals surface area contributed by atoms with Crippen molar-refractivity contribution < 1.29 is 4.42 Å². The lowest BCUT2D eigenvalue weighted by Crippen LogP contribution is -2.10. The van der Waals surface area contributed by atoms with Crippen LogP contribution in [0.5, 0.6) is 0 Å². The van der Waals surface area contributed by atoms with Crippen molar-refractivity contribution >= 4 is 88.9 Å². The molecule has 12 aromatic rings. The summed E-state index contributed by atoms with van der Waals surface area (Å²) in [5.74, 6) is 0. The molecule has 3 heterocycles. The van der Waals surface area contributed by atoms with Crippen LogP contribution in [-0.4, -0.2) is 9.13 Å². The Morgan fingerprint density at radius 2 is 0.839 bits per heavy atom. The van der Waals surface area contributed by atoms with Crippen LogP contribution in [0.15, 0.2) is 229 Å². The van der Waals surface area contributed by atoms with E-state index in [-0.39, 0.29) is 0 Å². The number of para-hydroxylation sites is 5. The molecule has 0 saturated carbocycles. The van der Waals surface area contributed by atoms with Crippen LogP contribution in [0.3, 0.4) is 0 Å². The maximum Gasteiger partial charge on any atom is 0.135 e. The lowest BCUT2D eigenvalue weighted by atomic mass is 10.1. The number of hydrogen-bond acceptors (Lipinski definition) is 3. The van der Waals surface area contributed by atoms with E-state index in [9.17, 15) is 0 Å². The van der Waals surface area contributed by atoms with Gasteiger partial charge in [0.1, 0.15) is 16.8 Å². The largest absolute Gasteiger partial charge is 0.456 e. The van der Waals surface area contributed by atoms with Crippen LogP contribution < -0.4 is 9.80 Å². The van der Waals surface area contributed by atoms with E-state index >= 15 is 0 Å². The Morgan fingerprint density at radius 3 is 1.52 bits per heavy atom. The molecule has 0 fully saturated rings. The van der Waals surface area contributed by atoms with Crippen LogP contribution in [0, 0.1) is 6.92 Å². The highest BCUT2D eigenvalue weighted by Crippen LogP contribution is 2.46. The first-order chi connectivity index (χ1) is 30.7. The molecular weight excluding hydrogens is 757 g/mol. The van der Waals surface area contributed by atoms with Crippen molar-refractivity contribution in [1.82, 2.24) is 9.13 Å². The normalized spacial score (nSPS) is 11.6. The molecule has 0 amide bonds. The predicted molar refractivity (Wildman–Crippen MR) is 259 cm³/mol. The standard InChI is InChI=1S/C57H40N4O/c1-39-17-16-26-44(35-39)59(46-31-34-55-50(36-46)48-27-14-15-28-54(48)62-55)47-29-32-49-53(38-47)61(43-24-12-5-13-25-43)57-56(49)51-37-45(30-33-52(51)60(57)42-22-10-4-11-23-42)58(40-18-6-2-7-19-40)41-20-8-3-9-21-41/h2-38H,1H3. The Morgan fingerprint density at radius 1 is 0.339 bits per heavy atom. The third kappa shape index (κ3) is 5.78. The van der Waals surface area contributed by atoms with E-state index in [2.05, 4.69) is 238 Å².